The van der Waals surface area contributed by atoms with E-state index < -0.39 is 17.6 Å². The summed E-state index contributed by atoms with van der Waals surface area (Å²) < 4.78 is 30.9. The van der Waals surface area contributed by atoms with E-state index in [2.05, 4.69) is 0 Å². The molecule has 0 aromatic heterocycles. The summed E-state index contributed by atoms with van der Waals surface area (Å²) in [6, 6.07) is 3.26. The first-order chi connectivity index (χ1) is 9.93. The zero-order valence-electron chi connectivity index (χ0n) is 11.9. The second-order valence-corrected chi connectivity index (χ2v) is 5.19. The largest absolute Gasteiger partial charge is 0.469 e. The van der Waals surface area contributed by atoms with E-state index in [1.165, 1.54) is 18.1 Å². The Bertz CT molecular complexity index is 562. The molecule has 1 amide bonds. The van der Waals surface area contributed by atoms with Crippen molar-refractivity contribution in [2.24, 2.45) is 5.92 Å². The molecule has 1 aliphatic heterocycles. The molecule has 1 saturated heterocycles. The number of ether oxygens (including phenoxy) is 1. The summed E-state index contributed by atoms with van der Waals surface area (Å²) in [5.41, 5.74) is 0.492. The number of amides is 1. The van der Waals surface area contributed by atoms with E-state index >= 15 is 0 Å². The highest BCUT2D eigenvalue weighted by Crippen LogP contribution is 2.28. The highest BCUT2D eigenvalue weighted by atomic mass is 19.2. The molecule has 2 unspecified atom stereocenters. The van der Waals surface area contributed by atoms with Crippen LogP contribution in [0.15, 0.2) is 18.2 Å². The Morgan fingerprint density at radius 1 is 1.43 bits per heavy atom. The van der Waals surface area contributed by atoms with Gasteiger partial charge in [0, 0.05) is 19.0 Å². The lowest BCUT2D eigenvalue weighted by atomic mass is 9.99. The van der Waals surface area contributed by atoms with Crippen LogP contribution in [-0.4, -0.2) is 29.9 Å². The molecule has 4 nitrogen and oxygen atoms in total. The Morgan fingerprint density at radius 2 is 2.14 bits per heavy atom. The third-order valence-electron chi connectivity index (χ3n) is 3.86. The first kappa shape index (κ1) is 15.4. The highest BCUT2D eigenvalue weighted by molar-refractivity contribution is 5.81. The summed E-state index contributed by atoms with van der Waals surface area (Å²) in [6.45, 7) is 1.86. The highest BCUT2D eigenvalue weighted by Gasteiger charge is 2.37. The molecule has 0 bridgehead atoms. The number of hydrogen-bond donors (Lipinski definition) is 0. The molecular formula is C15H17F2NO3. The predicted molar refractivity (Wildman–Crippen MR) is 71.1 cm³/mol. The van der Waals surface area contributed by atoms with Gasteiger partial charge in [-0.25, -0.2) is 8.78 Å². The van der Waals surface area contributed by atoms with Gasteiger partial charge in [-0.15, -0.1) is 0 Å². The lowest BCUT2D eigenvalue weighted by molar-refractivity contribution is -0.147. The molecule has 21 heavy (non-hydrogen) atoms. The van der Waals surface area contributed by atoms with Gasteiger partial charge in [0.1, 0.15) is 0 Å². The number of carbonyl (C=O) groups is 2. The van der Waals surface area contributed by atoms with Crippen molar-refractivity contribution >= 4 is 11.9 Å². The van der Waals surface area contributed by atoms with Gasteiger partial charge in [0.05, 0.1) is 13.0 Å². The average molecular weight is 297 g/mol. The Kier molecular flexibility index (Phi) is 4.55. The SMILES string of the molecule is COC(=O)C(C)C1CCC(=O)N1Cc1ccc(F)c(F)c1. The van der Waals surface area contributed by atoms with Crippen LogP contribution in [0.4, 0.5) is 8.78 Å². The van der Waals surface area contributed by atoms with Gasteiger partial charge in [-0.05, 0) is 31.0 Å². The van der Waals surface area contributed by atoms with Gasteiger partial charge in [0.15, 0.2) is 11.6 Å². The van der Waals surface area contributed by atoms with Crippen LogP contribution in [0.3, 0.4) is 0 Å². The van der Waals surface area contributed by atoms with Crippen LogP contribution >= 0.6 is 0 Å². The Morgan fingerprint density at radius 3 is 2.76 bits per heavy atom. The smallest absolute Gasteiger partial charge is 0.310 e. The number of carbonyl (C=O) groups excluding carboxylic acids is 2. The fourth-order valence-corrected chi connectivity index (χ4v) is 2.66. The van der Waals surface area contributed by atoms with Crippen LogP contribution < -0.4 is 0 Å². The van der Waals surface area contributed by atoms with Crippen LogP contribution in [0.1, 0.15) is 25.3 Å². The van der Waals surface area contributed by atoms with Crippen molar-refractivity contribution in [3.05, 3.63) is 35.4 Å². The predicted octanol–water partition coefficient (Wildman–Crippen LogP) is 2.26. The number of likely N-dealkylation sites (tertiary alicyclic amines) is 1. The van der Waals surface area contributed by atoms with E-state index in [-0.39, 0.29) is 24.5 Å². The second-order valence-electron chi connectivity index (χ2n) is 5.19. The van der Waals surface area contributed by atoms with Crippen molar-refractivity contribution in [3.63, 3.8) is 0 Å². The molecule has 0 spiro atoms. The quantitative estimate of drug-likeness (QED) is 0.801. The molecule has 0 N–H and O–H groups in total. The maximum Gasteiger partial charge on any atom is 0.310 e. The number of nitrogens with zero attached hydrogens (tertiary/aromatic N) is 1. The molecule has 1 aliphatic rings. The van der Waals surface area contributed by atoms with Crippen LogP contribution in [-0.2, 0) is 20.9 Å². The Balaban J connectivity index is 2.17. The zero-order chi connectivity index (χ0) is 15.6. The molecule has 1 aromatic carbocycles. The minimum absolute atomic E-state index is 0.0968. The fourth-order valence-electron chi connectivity index (χ4n) is 2.66. The van der Waals surface area contributed by atoms with E-state index in [1.54, 1.807) is 6.92 Å². The number of rotatable bonds is 4. The third-order valence-corrected chi connectivity index (χ3v) is 3.86. The van der Waals surface area contributed by atoms with Crippen molar-refractivity contribution < 1.29 is 23.1 Å². The molecular weight excluding hydrogens is 280 g/mol. The number of halogens is 2. The fraction of sp³-hybridized carbons (Fsp3) is 0.467. The van der Waals surface area contributed by atoms with Gasteiger partial charge in [0.25, 0.3) is 0 Å². The molecule has 114 valence electrons. The first-order valence-electron chi connectivity index (χ1n) is 6.75. The van der Waals surface area contributed by atoms with Gasteiger partial charge in [-0.2, -0.15) is 0 Å². The molecule has 1 fully saturated rings. The second kappa shape index (κ2) is 6.20. The van der Waals surface area contributed by atoms with Gasteiger partial charge in [0.2, 0.25) is 5.91 Å². The third kappa shape index (κ3) is 3.20. The van der Waals surface area contributed by atoms with Crippen molar-refractivity contribution in [3.8, 4) is 0 Å². The maximum absolute atomic E-state index is 13.2. The normalized spacial score (nSPS) is 19.7. The van der Waals surface area contributed by atoms with Crippen molar-refractivity contribution in [2.75, 3.05) is 7.11 Å². The molecule has 1 heterocycles. The lowest BCUT2D eigenvalue weighted by Gasteiger charge is -2.28. The summed E-state index contributed by atoms with van der Waals surface area (Å²) in [5, 5.41) is 0. The van der Waals surface area contributed by atoms with Gasteiger partial charge in [-0.1, -0.05) is 6.07 Å². The van der Waals surface area contributed by atoms with Crippen molar-refractivity contribution in [1.29, 1.82) is 0 Å². The summed E-state index contributed by atoms with van der Waals surface area (Å²) in [4.78, 5) is 25.1. The summed E-state index contributed by atoms with van der Waals surface area (Å²) >= 11 is 0. The Hall–Kier alpha value is -1.98. The van der Waals surface area contributed by atoms with E-state index in [0.29, 0.717) is 18.4 Å². The van der Waals surface area contributed by atoms with Crippen LogP contribution in [0, 0.1) is 17.6 Å². The van der Waals surface area contributed by atoms with Crippen LogP contribution in [0.2, 0.25) is 0 Å². The molecule has 2 rings (SSSR count). The maximum atomic E-state index is 13.2. The molecule has 0 radical (unpaired) electrons. The van der Waals surface area contributed by atoms with Crippen LogP contribution in [0.5, 0.6) is 0 Å². The Labute approximate surface area is 121 Å². The molecule has 2 atom stereocenters. The minimum atomic E-state index is -0.947. The van der Waals surface area contributed by atoms with Crippen molar-refractivity contribution in [2.45, 2.75) is 32.4 Å². The number of benzene rings is 1. The van der Waals surface area contributed by atoms with Gasteiger partial charge < -0.3 is 9.64 Å². The summed E-state index contributed by atoms with van der Waals surface area (Å²) in [5.74, 6) is -2.81. The van der Waals surface area contributed by atoms with E-state index in [9.17, 15) is 18.4 Å². The lowest BCUT2D eigenvalue weighted by Crippen LogP contribution is -2.40. The van der Waals surface area contributed by atoms with E-state index in [4.69, 9.17) is 4.74 Å². The average Bonchev–Trinajstić information content (AvgIpc) is 2.82. The first-order valence-corrected chi connectivity index (χ1v) is 6.75. The monoisotopic (exact) mass is 297 g/mol. The van der Waals surface area contributed by atoms with Gasteiger partial charge in [-0.3, -0.25) is 9.59 Å². The zero-order valence-corrected chi connectivity index (χ0v) is 11.9. The number of esters is 1. The molecule has 0 saturated carbocycles. The van der Waals surface area contributed by atoms with E-state index in [0.717, 1.165) is 12.1 Å². The number of methoxy groups -OCH3 is 1. The minimum Gasteiger partial charge on any atom is -0.469 e. The summed E-state index contributed by atoms with van der Waals surface area (Å²) in [6.07, 6.45) is 0.897. The molecule has 6 heteroatoms. The van der Waals surface area contributed by atoms with Crippen molar-refractivity contribution in [1.82, 2.24) is 4.90 Å². The van der Waals surface area contributed by atoms with Gasteiger partial charge >= 0.3 is 5.97 Å². The summed E-state index contributed by atoms with van der Waals surface area (Å²) in [7, 11) is 1.30. The van der Waals surface area contributed by atoms with Crippen LogP contribution in [0.25, 0.3) is 0 Å². The van der Waals surface area contributed by atoms with E-state index in [1.807, 2.05) is 0 Å². The molecule has 1 aromatic rings. The standard InChI is InChI=1S/C15H17F2NO3/c1-9(15(20)21-2)13-5-6-14(19)18(13)8-10-3-4-11(16)12(17)7-10/h3-4,7,9,13H,5-6,8H2,1-2H3. The molecule has 0 aliphatic carbocycles. The number of hydrogen-bond acceptors (Lipinski definition) is 3. The topological polar surface area (TPSA) is 46.6 Å².